The fourth-order valence-corrected chi connectivity index (χ4v) is 2.88. The topological polar surface area (TPSA) is 45.3 Å². The summed E-state index contributed by atoms with van der Waals surface area (Å²) in [6.07, 6.45) is 5.75. The largest absolute Gasteiger partial charge is 0.427 e. The van der Waals surface area contributed by atoms with Gasteiger partial charge in [-0.15, -0.1) is 0 Å². The Morgan fingerprint density at radius 1 is 1.35 bits per heavy atom. The fourth-order valence-electron chi connectivity index (χ4n) is 2.88. The molecule has 1 aliphatic heterocycles. The number of nitrogens with one attached hydrogen (secondary N) is 1. The number of likely N-dealkylation sites (tertiary alicyclic amines) is 1. The first kappa shape index (κ1) is 13.2. The van der Waals surface area contributed by atoms with Gasteiger partial charge in [0.2, 0.25) is 0 Å². The van der Waals surface area contributed by atoms with Gasteiger partial charge in [-0.25, -0.2) is 0 Å². The third-order valence-electron chi connectivity index (χ3n) is 3.90. The highest BCUT2D eigenvalue weighted by Gasteiger charge is 2.12. The smallest absolute Gasteiger partial charge is 0.308 e. The highest BCUT2D eigenvalue weighted by molar-refractivity contribution is 5.85. The highest BCUT2D eigenvalue weighted by atomic mass is 16.5. The third kappa shape index (κ3) is 2.85. The molecule has 0 amide bonds. The number of H-pyrrole nitrogens is 1. The van der Waals surface area contributed by atoms with Crippen LogP contribution in [0.1, 0.15) is 25.3 Å². The molecule has 1 aromatic heterocycles. The van der Waals surface area contributed by atoms with E-state index in [0.717, 1.165) is 23.9 Å². The first-order valence-electron chi connectivity index (χ1n) is 7.23. The van der Waals surface area contributed by atoms with Crippen molar-refractivity contribution in [3.05, 3.63) is 30.0 Å². The molecule has 1 aliphatic rings. The van der Waals surface area contributed by atoms with Crippen LogP contribution in [0.2, 0.25) is 0 Å². The van der Waals surface area contributed by atoms with Crippen molar-refractivity contribution in [1.82, 2.24) is 9.88 Å². The van der Waals surface area contributed by atoms with Gasteiger partial charge in [-0.1, -0.05) is 0 Å². The zero-order valence-electron chi connectivity index (χ0n) is 11.8. The van der Waals surface area contributed by atoms with Crippen molar-refractivity contribution in [2.45, 2.75) is 26.2 Å². The van der Waals surface area contributed by atoms with Gasteiger partial charge >= 0.3 is 5.97 Å². The molecule has 1 N–H and O–H groups in total. The van der Waals surface area contributed by atoms with Gasteiger partial charge in [0.05, 0.1) is 0 Å². The number of carbonyl (C=O) groups excluding carboxylic acids is 1. The SMILES string of the molecule is CC(=O)Oc1ccc2[nH]cc(CCN3CCCC3)c2c1. The second-order valence-electron chi connectivity index (χ2n) is 5.41. The number of esters is 1. The molecule has 2 heterocycles. The number of ether oxygens (including phenoxy) is 1. The van der Waals surface area contributed by atoms with Gasteiger partial charge < -0.3 is 14.6 Å². The van der Waals surface area contributed by atoms with Crippen LogP contribution in [0.4, 0.5) is 0 Å². The van der Waals surface area contributed by atoms with Crippen molar-refractivity contribution < 1.29 is 9.53 Å². The quantitative estimate of drug-likeness (QED) is 0.687. The van der Waals surface area contributed by atoms with E-state index in [1.807, 2.05) is 18.2 Å². The van der Waals surface area contributed by atoms with E-state index in [1.165, 1.54) is 38.4 Å². The van der Waals surface area contributed by atoms with Crippen LogP contribution < -0.4 is 4.74 Å². The minimum Gasteiger partial charge on any atom is -0.427 e. The standard InChI is InChI=1S/C16H20N2O2/c1-12(19)20-14-4-5-16-15(10-14)13(11-17-16)6-9-18-7-2-3-8-18/h4-5,10-11,17H,2-3,6-9H2,1H3. The second kappa shape index (κ2) is 5.67. The molecule has 0 saturated carbocycles. The molecule has 0 aliphatic carbocycles. The Kier molecular flexibility index (Phi) is 3.74. The number of rotatable bonds is 4. The Morgan fingerprint density at radius 2 is 2.15 bits per heavy atom. The van der Waals surface area contributed by atoms with Crippen LogP contribution in [0.5, 0.6) is 5.75 Å². The molecule has 2 aromatic rings. The number of aromatic amines is 1. The highest BCUT2D eigenvalue weighted by Crippen LogP contribution is 2.24. The molecule has 1 fully saturated rings. The molecular weight excluding hydrogens is 252 g/mol. The molecule has 0 unspecified atom stereocenters. The minimum absolute atomic E-state index is 0.279. The molecule has 3 rings (SSSR count). The molecule has 0 atom stereocenters. The van der Waals surface area contributed by atoms with Crippen molar-refractivity contribution >= 4 is 16.9 Å². The number of aromatic nitrogens is 1. The summed E-state index contributed by atoms with van der Waals surface area (Å²) in [5.74, 6) is 0.338. The summed E-state index contributed by atoms with van der Waals surface area (Å²) in [4.78, 5) is 16.8. The lowest BCUT2D eigenvalue weighted by molar-refractivity contribution is -0.131. The van der Waals surface area contributed by atoms with E-state index in [-0.39, 0.29) is 5.97 Å². The van der Waals surface area contributed by atoms with Crippen molar-refractivity contribution in [3.8, 4) is 5.75 Å². The molecule has 0 spiro atoms. The maximum absolute atomic E-state index is 11.0. The monoisotopic (exact) mass is 272 g/mol. The number of nitrogens with zero attached hydrogens (tertiary/aromatic N) is 1. The number of hydrogen-bond donors (Lipinski definition) is 1. The molecule has 106 valence electrons. The molecule has 0 bridgehead atoms. The number of fused-ring (bicyclic) bond motifs is 1. The van der Waals surface area contributed by atoms with E-state index in [0.29, 0.717) is 5.75 Å². The van der Waals surface area contributed by atoms with E-state index >= 15 is 0 Å². The summed E-state index contributed by atoms with van der Waals surface area (Å²) in [5, 5.41) is 1.16. The van der Waals surface area contributed by atoms with Crippen LogP contribution in [-0.2, 0) is 11.2 Å². The molecule has 4 heteroatoms. The summed E-state index contributed by atoms with van der Waals surface area (Å²) in [7, 11) is 0. The third-order valence-corrected chi connectivity index (χ3v) is 3.90. The van der Waals surface area contributed by atoms with Gasteiger partial charge in [-0.05, 0) is 56.1 Å². The lowest BCUT2D eigenvalue weighted by Gasteiger charge is -2.13. The summed E-state index contributed by atoms with van der Waals surface area (Å²) in [6, 6.07) is 5.74. The van der Waals surface area contributed by atoms with Crippen LogP contribution in [0.15, 0.2) is 24.4 Å². The van der Waals surface area contributed by atoms with Crippen molar-refractivity contribution in [2.75, 3.05) is 19.6 Å². The predicted molar refractivity (Wildman–Crippen MR) is 79.0 cm³/mol. The maximum atomic E-state index is 11.0. The van der Waals surface area contributed by atoms with E-state index in [2.05, 4.69) is 16.1 Å². The van der Waals surface area contributed by atoms with Crippen LogP contribution >= 0.6 is 0 Å². The zero-order chi connectivity index (χ0) is 13.9. The van der Waals surface area contributed by atoms with Gasteiger partial charge in [0, 0.05) is 30.6 Å². The molecule has 1 saturated heterocycles. The number of hydrogen-bond acceptors (Lipinski definition) is 3. The normalized spacial score (nSPS) is 15.8. The Hall–Kier alpha value is -1.81. The van der Waals surface area contributed by atoms with Crippen LogP contribution in [0, 0.1) is 0 Å². The molecule has 4 nitrogen and oxygen atoms in total. The van der Waals surface area contributed by atoms with Crippen LogP contribution in [0.3, 0.4) is 0 Å². The van der Waals surface area contributed by atoms with Crippen molar-refractivity contribution in [3.63, 3.8) is 0 Å². The number of carbonyl (C=O) groups is 1. The Balaban J connectivity index is 1.77. The molecule has 0 radical (unpaired) electrons. The number of benzene rings is 1. The maximum Gasteiger partial charge on any atom is 0.308 e. The van der Waals surface area contributed by atoms with Gasteiger partial charge in [0.25, 0.3) is 0 Å². The first-order chi connectivity index (χ1) is 9.72. The Morgan fingerprint density at radius 3 is 2.90 bits per heavy atom. The summed E-state index contributed by atoms with van der Waals surface area (Å²) >= 11 is 0. The lowest BCUT2D eigenvalue weighted by atomic mass is 10.1. The predicted octanol–water partition coefficient (Wildman–Crippen LogP) is 2.73. The van der Waals surface area contributed by atoms with Gasteiger partial charge in [0.15, 0.2) is 0 Å². The van der Waals surface area contributed by atoms with Crippen molar-refractivity contribution in [2.24, 2.45) is 0 Å². The first-order valence-corrected chi connectivity index (χ1v) is 7.23. The van der Waals surface area contributed by atoms with Gasteiger partial charge in [-0.2, -0.15) is 0 Å². The van der Waals surface area contributed by atoms with E-state index < -0.39 is 0 Å². The van der Waals surface area contributed by atoms with Gasteiger partial charge in [0.1, 0.15) is 5.75 Å². The Bertz CT molecular complexity index is 612. The van der Waals surface area contributed by atoms with E-state index in [4.69, 9.17) is 4.74 Å². The lowest BCUT2D eigenvalue weighted by Crippen LogP contribution is -2.21. The summed E-state index contributed by atoms with van der Waals surface area (Å²) < 4.78 is 5.16. The summed E-state index contributed by atoms with van der Waals surface area (Å²) in [6.45, 7) is 4.97. The van der Waals surface area contributed by atoms with E-state index in [9.17, 15) is 4.79 Å². The summed E-state index contributed by atoms with van der Waals surface area (Å²) in [5.41, 5.74) is 2.39. The average molecular weight is 272 g/mol. The zero-order valence-corrected chi connectivity index (χ0v) is 11.8. The molecule has 1 aromatic carbocycles. The molecular formula is C16H20N2O2. The van der Waals surface area contributed by atoms with Crippen LogP contribution in [-0.4, -0.2) is 35.5 Å². The van der Waals surface area contributed by atoms with Gasteiger partial charge in [-0.3, -0.25) is 4.79 Å². The average Bonchev–Trinajstić information content (AvgIpc) is 3.04. The van der Waals surface area contributed by atoms with Crippen LogP contribution in [0.25, 0.3) is 10.9 Å². The fraction of sp³-hybridized carbons (Fsp3) is 0.438. The minimum atomic E-state index is -0.279. The second-order valence-corrected chi connectivity index (χ2v) is 5.41. The van der Waals surface area contributed by atoms with E-state index in [1.54, 1.807) is 0 Å². The molecule has 20 heavy (non-hydrogen) atoms. The Labute approximate surface area is 118 Å². The van der Waals surface area contributed by atoms with Crippen molar-refractivity contribution in [1.29, 1.82) is 0 Å².